The summed E-state index contributed by atoms with van der Waals surface area (Å²) in [5.74, 6) is 1.80. The van der Waals surface area contributed by atoms with Gasteiger partial charge in [-0.05, 0) is 12.1 Å². The number of fused-ring (bicyclic) bond motifs is 1. The van der Waals surface area contributed by atoms with Gasteiger partial charge in [-0.15, -0.1) is 16.9 Å². The van der Waals surface area contributed by atoms with Crippen molar-refractivity contribution in [3.63, 3.8) is 0 Å². The summed E-state index contributed by atoms with van der Waals surface area (Å²) < 4.78 is 14.4. The highest BCUT2D eigenvalue weighted by atomic mass is 32.1. The molecule has 0 fully saturated rings. The zero-order valence-electron chi connectivity index (χ0n) is 14.7. The van der Waals surface area contributed by atoms with Crippen LogP contribution >= 0.6 is 11.3 Å². The number of anilines is 1. The molecule has 0 saturated heterocycles. The number of rotatable bonds is 3. The molecule has 1 aromatic heterocycles. The molecule has 0 unspecified atom stereocenters. The van der Waals surface area contributed by atoms with E-state index < -0.39 is 13.9 Å². The van der Waals surface area contributed by atoms with Gasteiger partial charge in [-0.3, -0.25) is 9.59 Å². The number of carbonyl (C=O) groups is 2. The summed E-state index contributed by atoms with van der Waals surface area (Å²) in [6.45, 7) is 6.21. The van der Waals surface area contributed by atoms with Crippen LogP contribution < -0.4 is 5.32 Å². The minimum atomic E-state index is -1.60. The molecule has 26 heavy (non-hydrogen) atoms. The standard InChI is InChI=1S/C18H18FN3O2SSi/c1-26(2,3)7-4-12-8-13-14(15(19)9-12)10-22(17(13)24)11-16(23)21-18-20-5-6-25-18/h5-6,8-9H,10-11H2,1-3H3,(H,20,21,23). The second-order valence-electron chi connectivity index (χ2n) is 7.03. The fraction of sp³-hybridized carbons (Fsp3) is 0.278. The van der Waals surface area contributed by atoms with Gasteiger partial charge in [0.05, 0.1) is 6.54 Å². The molecule has 0 spiro atoms. The van der Waals surface area contributed by atoms with Crippen molar-refractivity contribution in [2.45, 2.75) is 26.2 Å². The number of hydrogen-bond acceptors (Lipinski definition) is 4. The van der Waals surface area contributed by atoms with Crippen molar-refractivity contribution in [3.05, 3.63) is 46.2 Å². The topological polar surface area (TPSA) is 62.3 Å². The van der Waals surface area contributed by atoms with E-state index in [-0.39, 0.29) is 30.5 Å². The summed E-state index contributed by atoms with van der Waals surface area (Å²) in [6.07, 6.45) is 1.58. The molecule has 1 aliphatic heterocycles. The van der Waals surface area contributed by atoms with Crippen LogP contribution in [-0.2, 0) is 11.3 Å². The Kier molecular flexibility index (Phi) is 4.94. The Labute approximate surface area is 156 Å². The van der Waals surface area contributed by atoms with Gasteiger partial charge in [0.25, 0.3) is 5.91 Å². The molecule has 134 valence electrons. The van der Waals surface area contributed by atoms with E-state index in [1.165, 1.54) is 22.3 Å². The molecule has 3 rings (SSSR count). The van der Waals surface area contributed by atoms with Crippen LogP contribution in [0.2, 0.25) is 19.6 Å². The van der Waals surface area contributed by atoms with Gasteiger partial charge in [0, 0.05) is 28.3 Å². The fourth-order valence-electron chi connectivity index (χ4n) is 2.50. The van der Waals surface area contributed by atoms with Crippen molar-refractivity contribution >= 4 is 36.4 Å². The molecule has 0 bridgehead atoms. The zero-order chi connectivity index (χ0) is 18.9. The molecule has 8 heteroatoms. The number of nitrogens with zero attached hydrogens (tertiary/aromatic N) is 2. The van der Waals surface area contributed by atoms with Crippen molar-refractivity contribution < 1.29 is 14.0 Å². The molecule has 1 N–H and O–H groups in total. The van der Waals surface area contributed by atoms with Crippen molar-refractivity contribution in [1.29, 1.82) is 0 Å². The fourth-order valence-corrected chi connectivity index (χ4v) is 3.56. The van der Waals surface area contributed by atoms with E-state index in [0.29, 0.717) is 16.3 Å². The third-order valence-electron chi connectivity index (χ3n) is 3.66. The number of benzene rings is 1. The second kappa shape index (κ2) is 7.01. The van der Waals surface area contributed by atoms with Crippen molar-refractivity contribution in [1.82, 2.24) is 9.88 Å². The quantitative estimate of drug-likeness (QED) is 0.650. The van der Waals surface area contributed by atoms with Gasteiger partial charge in [0.2, 0.25) is 5.91 Å². The molecule has 0 atom stereocenters. The summed E-state index contributed by atoms with van der Waals surface area (Å²) in [5, 5.41) is 4.83. The van der Waals surface area contributed by atoms with Crippen LogP contribution in [0.25, 0.3) is 0 Å². The molecule has 1 aliphatic rings. The van der Waals surface area contributed by atoms with E-state index in [4.69, 9.17) is 0 Å². The number of amides is 2. The maximum atomic E-state index is 14.4. The molecule has 0 aliphatic carbocycles. The monoisotopic (exact) mass is 387 g/mol. The van der Waals surface area contributed by atoms with E-state index >= 15 is 0 Å². The Morgan fingerprint density at radius 2 is 2.19 bits per heavy atom. The van der Waals surface area contributed by atoms with Crippen molar-refractivity contribution in [2.24, 2.45) is 0 Å². The van der Waals surface area contributed by atoms with E-state index in [1.807, 2.05) is 0 Å². The molecule has 2 aromatic rings. The zero-order valence-corrected chi connectivity index (χ0v) is 16.5. The van der Waals surface area contributed by atoms with Gasteiger partial charge < -0.3 is 10.2 Å². The van der Waals surface area contributed by atoms with Gasteiger partial charge in [0.1, 0.15) is 20.4 Å². The van der Waals surface area contributed by atoms with Crippen LogP contribution in [-0.4, -0.2) is 36.3 Å². The number of aromatic nitrogens is 1. The van der Waals surface area contributed by atoms with Crippen LogP contribution in [0.1, 0.15) is 21.5 Å². The van der Waals surface area contributed by atoms with Gasteiger partial charge in [-0.2, -0.15) is 0 Å². The Balaban J connectivity index is 1.77. The number of nitrogens with one attached hydrogen (secondary N) is 1. The van der Waals surface area contributed by atoms with Gasteiger partial charge in [-0.25, -0.2) is 9.37 Å². The first-order valence-electron chi connectivity index (χ1n) is 8.07. The lowest BCUT2D eigenvalue weighted by molar-refractivity contribution is -0.116. The molecule has 0 saturated carbocycles. The third-order valence-corrected chi connectivity index (χ3v) is 5.22. The van der Waals surface area contributed by atoms with Crippen molar-refractivity contribution in [3.8, 4) is 11.5 Å². The lowest BCUT2D eigenvalue weighted by Crippen LogP contribution is -2.33. The first-order chi connectivity index (χ1) is 12.2. The Morgan fingerprint density at radius 1 is 1.42 bits per heavy atom. The van der Waals surface area contributed by atoms with E-state index in [2.05, 4.69) is 41.4 Å². The largest absolute Gasteiger partial charge is 0.325 e. The van der Waals surface area contributed by atoms with Crippen molar-refractivity contribution in [2.75, 3.05) is 11.9 Å². The highest BCUT2D eigenvalue weighted by molar-refractivity contribution is 7.13. The SMILES string of the molecule is C[Si](C)(C)C#Cc1cc(F)c2c(c1)C(=O)N(CC(=O)Nc1nccs1)C2. The number of carbonyl (C=O) groups excluding carboxylic acids is 2. The molecular formula is C18H18FN3O2SSi. The Bertz CT molecular complexity index is 926. The van der Waals surface area contributed by atoms with Crippen LogP contribution in [0.15, 0.2) is 23.7 Å². The molecule has 1 aromatic carbocycles. The maximum absolute atomic E-state index is 14.4. The Hall–Kier alpha value is -2.50. The molecule has 0 radical (unpaired) electrons. The molecule has 2 amide bonds. The lowest BCUT2D eigenvalue weighted by Gasteiger charge is -2.14. The first-order valence-corrected chi connectivity index (χ1v) is 12.4. The van der Waals surface area contributed by atoms with E-state index in [9.17, 15) is 14.0 Å². The van der Waals surface area contributed by atoms with Crippen LogP contribution in [0.3, 0.4) is 0 Å². The highest BCUT2D eigenvalue weighted by Crippen LogP contribution is 2.26. The smallest absolute Gasteiger partial charge is 0.255 e. The highest BCUT2D eigenvalue weighted by Gasteiger charge is 2.31. The third kappa shape index (κ3) is 4.18. The van der Waals surface area contributed by atoms with Gasteiger partial charge in [-0.1, -0.05) is 25.6 Å². The minimum absolute atomic E-state index is 0.0764. The van der Waals surface area contributed by atoms with E-state index in [0.717, 1.165) is 0 Å². The number of thiazole rings is 1. The van der Waals surface area contributed by atoms with Crippen LogP contribution in [0.4, 0.5) is 9.52 Å². The second-order valence-corrected chi connectivity index (χ2v) is 12.7. The molecule has 5 nitrogen and oxygen atoms in total. The van der Waals surface area contributed by atoms with Gasteiger partial charge >= 0.3 is 0 Å². The van der Waals surface area contributed by atoms with Gasteiger partial charge in [0.15, 0.2) is 5.13 Å². The summed E-state index contributed by atoms with van der Waals surface area (Å²) >= 11 is 1.29. The number of halogens is 1. The summed E-state index contributed by atoms with van der Waals surface area (Å²) in [7, 11) is -1.60. The number of hydrogen-bond donors (Lipinski definition) is 1. The first kappa shape index (κ1) is 18.3. The predicted octanol–water partition coefficient (Wildman–Crippen LogP) is 3.11. The average Bonchev–Trinajstić information content (AvgIpc) is 3.15. The molecular weight excluding hydrogens is 369 g/mol. The maximum Gasteiger partial charge on any atom is 0.255 e. The average molecular weight is 388 g/mol. The molecule has 2 heterocycles. The van der Waals surface area contributed by atoms with Crippen LogP contribution in [0.5, 0.6) is 0 Å². The normalized spacial score (nSPS) is 13.2. The lowest BCUT2D eigenvalue weighted by atomic mass is 10.1. The predicted molar refractivity (Wildman–Crippen MR) is 102 cm³/mol. The summed E-state index contributed by atoms with van der Waals surface area (Å²) in [4.78, 5) is 29.9. The minimum Gasteiger partial charge on any atom is -0.325 e. The summed E-state index contributed by atoms with van der Waals surface area (Å²) in [5.41, 5.74) is 4.26. The Morgan fingerprint density at radius 3 is 2.85 bits per heavy atom. The van der Waals surface area contributed by atoms with Crippen LogP contribution in [0, 0.1) is 17.3 Å². The van der Waals surface area contributed by atoms with E-state index in [1.54, 1.807) is 17.6 Å². The summed E-state index contributed by atoms with van der Waals surface area (Å²) in [6, 6.07) is 2.98.